The summed E-state index contributed by atoms with van der Waals surface area (Å²) in [6.07, 6.45) is 1.58. The molecule has 31 heavy (non-hydrogen) atoms. The van der Waals surface area contributed by atoms with E-state index in [1.807, 2.05) is 54.6 Å². The van der Waals surface area contributed by atoms with Crippen molar-refractivity contribution in [2.45, 2.75) is 6.61 Å². The molecule has 0 atom stereocenters. The molecule has 0 saturated carbocycles. The molecule has 156 valence electrons. The van der Waals surface area contributed by atoms with E-state index in [1.165, 1.54) is 0 Å². The van der Waals surface area contributed by atoms with Gasteiger partial charge in [0.05, 0.1) is 7.14 Å². The molecule has 3 aromatic carbocycles. The Balaban J connectivity index is 1.76. The van der Waals surface area contributed by atoms with E-state index in [1.54, 1.807) is 18.2 Å². The Morgan fingerprint density at radius 3 is 2.10 bits per heavy atom. The summed E-state index contributed by atoms with van der Waals surface area (Å²) in [4.78, 5) is 12.5. The third kappa shape index (κ3) is 7.03. The largest absolute Gasteiger partial charge is 0.487 e. The Morgan fingerprint density at radius 1 is 1.00 bits per heavy atom. The van der Waals surface area contributed by atoms with Crippen LogP contribution >= 0.6 is 77.0 Å². The van der Waals surface area contributed by atoms with E-state index in [4.69, 9.17) is 4.74 Å². The number of amides is 1. The zero-order chi connectivity index (χ0) is 22.4. The van der Waals surface area contributed by atoms with Gasteiger partial charge in [0.2, 0.25) is 0 Å². The molecule has 1 amide bonds. The Morgan fingerprint density at radius 2 is 1.55 bits per heavy atom. The standard InChI is InChI=1S/C23H14Br2I2N2O2/c24-17-3-1-14(2-4-17)13-31-22-20(26)10-15(11-21(22)27)9-16(12-28)23(30)29-19-7-5-18(25)6-8-19/h1-11H,13H2,(H,29,30)/b16-9-. The molecular formula is C23H14Br2I2N2O2. The van der Waals surface area contributed by atoms with Gasteiger partial charge in [0.1, 0.15) is 24.0 Å². The van der Waals surface area contributed by atoms with Gasteiger partial charge >= 0.3 is 0 Å². The average Bonchev–Trinajstić information content (AvgIpc) is 2.74. The van der Waals surface area contributed by atoms with Gasteiger partial charge in [-0.2, -0.15) is 5.26 Å². The van der Waals surface area contributed by atoms with E-state index >= 15 is 0 Å². The van der Waals surface area contributed by atoms with Crippen molar-refractivity contribution in [1.82, 2.24) is 0 Å². The lowest BCUT2D eigenvalue weighted by Gasteiger charge is -2.12. The third-order valence-electron chi connectivity index (χ3n) is 4.10. The molecule has 0 saturated heterocycles. The maximum absolute atomic E-state index is 12.5. The minimum atomic E-state index is -0.453. The molecule has 0 fully saturated rings. The quantitative estimate of drug-likeness (QED) is 0.160. The van der Waals surface area contributed by atoms with Crippen LogP contribution in [-0.4, -0.2) is 5.91 Å². The lowest BCUT2D eigenvalue weighted by Crippen LogP contribution is -2.13. The second kappa shape index (κ2) is 11.4. The summed E-state index contributed by atoms with van der Waals surface area (Å²) < 4.78 is 9.75. The van der Waals surface area contributed by atoms with Crippen LogP contribution in [-0.2, 0) is 11.4 Å². The molecule has 3 rings (SSSR count). The lowest BCUT2D eigenvalue weighted by molar-refractivity contribution is -0.112. The van der Waals surface area contributed by atoms with Crippen LogP contribution < -0.4 is 10.1 Å². The monoisotopic (exact) mass is 762 g/mol. The maximum Gasteiger partial charge on any atom is 0.266 e. The molecule has 0 unspecified atom stereocenters. The number of nitrogens with zero attached hydrogens (tertiary/aromatic N) is 1. The highest BCUT2D eigenvalue weighted by Gasteiger charge is 2.13. The van der Waals surface area contributed by atoms with Gasteiger partial charge in [-0.15, -0.1) is 0 Å². The second-order valence-corrected chi connectivity index (χ2v) is 10.5. The van der Waals surface area contributed by atoms with Crippen LogP contribution in [0.15, 0.2) is 75.2 Å². The number of hydrogen-bond acceptors (Lipinski definition) is 3. The van der Waals surface area contributed by atoms with Gasteiger partial charge < -0.3 is 10.1 Å². The summed E-state index contributed by atoms with van der Waals surface area (Å²) in [6.45, 7) is 0.452. The van der Waals surface area contributed by atoms with Crippen LogP contribution in [0.3, 0.4) is 0 Å². The van der Waals surface area contributed by atoms with Gasteiger partial charge in [-0.3, -0.25) is 4.79 Å². The minimum absolute atomic E-state index is 0.0260. The third-order valence-corrected chi connectivity index (χ3v) is 6.76. The van der Waals surface area contributed by atoms with E-state index in [2.05, 4.69) is 82.4 Å². The SMILES string of the molecule is N#C/C(=C/c1cc(I)c(OCc2ccc(Br)cc2)c(I)c1)C(=O)Nc1ccc(Br)cc1. The fourth-order valence-corrected chi connectivity index (χ4v) is 5.24. The predicted molar refractivity (Wildman–Crippen MR) is 147 cm³/mol. The molecule has 0 aliphatic carbocycles. The first-order valence-electron chi connectivity index (χ1n) is 8.90. The topological polar surface area (TPSA) is 62.1 Å². The number of ether oxygens (including phenoxy) is 1. The Hall–Kier alpha value is -1.42. The summed E-state index contributed by atoms with van der Waals surface area (Å²) in [6, 6.07) is 20.9. The van der Waals surface area contributed by atoms with Gasteiger partial charge in [-0.25, -0.2) is 0 Å². The molecular weight excluding hydrogens is 750 g/mol. The smallest absolute Gasteiger partial charge is 0.266 e. The van der Waals surface area contributed by atoms with Crippen molar-refractivity contribution in [1.29, 1.82) is 5.26 Å². The molecule has 3 aromatic rings. The highest BCUT2D eigenvalue weighted by atomic mass is 127. The number of rotatable bonds is 6. The first-order chi connectivity index (χ1) is 14.9. The number of nitrogens with one attached hydrogen (secondary N) is 1. The number of hydrogen-bond donors (Lipinski definition) is 1. The first kappa shape index (κ1) is 24.2. The summed E-state index contributed by atoms with van der Waals surface area (Å²) in [5, 5.41) is 12.2. The van der Waals surface area contributed by atoms with Gasteiger partial charge in [0.15, 0.2) is 0 Å². The number of nitriles is 1. The molecule has 0 aliphatic rings. The molecule has 0 aromatic heterocycles. The highest BCUT2D eigenvalue weighted by Crippen LogP contribution is 2.30. The van der Waals surface area contributed by atoms with Crippen LogP contribution in [0.5, 0.6) is 5.75 Å². The van der Waals surface area contributed by atoms with E-state index in [0.717, 1.165) is 33.0 Å². The molecule has 0 spiro atoms. The number of halogens is 4. The van der Waals surface area contributed by atoms with E-state index < -0.39 is 5.91 Å². The van der Waals surface area contributed by atoms with Crippen LogP contribution in [0.25, 0.3) is 6.08 Å². The molecule has 0 heterocycles. The van der Waals surface area contributed by atoms with Crippen LogP contribution in [0.2, 0.25) is 0 Å². The number of carbonyl (C=O) groups is 1. The predicted octanol–water partition coefficient (Wildman–Crippen LogP) is 7.55. The number of benzene rings is 3. The molecule has 0 bridgehead atoms. The fraction of sp³-hybridized carbons (Fsp3) is 0.0435. The van der Waals surface area contributed by atoms with Gasteiger partial charge in [-0.05, 0) is 111 Å². The van der Waals surface area contributed by atoms with Crippen LogP contribution in [0, 0.1) is 18.5 Å². The zero-order valence-corrected chi connectivity index (χ0v) is 23.3. The summed E-state index contributed by atoms with van der Waals surface area (Å²) >= 11 is 11.2. The van der Waals surface area contributed by atoms with Crippen molar-refractivity contribution in [2.75, 3.05) is 5.32 Å². The van der Waals surface area contributed by atoms with E-state index in [-0.39, 0.29) is 5.57 Å². The summed E-state index contributed by atoms with van der Waals surface area (Å²) in [7, 11) is 0. The fourth-order valence-electron chi connectivity index (χ4n) is 2.58. The molecule has 0 radical (unpaired) electrons. The van der Waals surface area contributed by atoms with Crippen molar-refractivity contribution < 1.29 is 9.53 Å². The van der Waals surface area contributed by atoms with Crippen molar-refractivity contribution in [3.05, 3.63) is 93.4 Å². The van der Waals surface area contributed by atoms with Gasteiger partial charge in [0.25, 0.3) is 5.91 Å². The lowest BCUT2D eigenvalue weighted by atomic mass is 10.1. The second-order valence-electron chi connectivity index (χ2n) is 6.36. The minimum Gasteiger partial charge on any atom is -0.487 e. The molecule has 0 aliphatic heterocycles. The van der Waals surface area contributed by atoms with E-state index in [0.29, 0.717) is 12.3 Å². The van der Waals surface area contributed by atoms with E-state index in [9.17, 15) is 10.1 Å². The van der Waals surface area contributed by atoms with Crippen molar-refractivity contribution in [3.8, 4) is 11.8 Å². The van der Waals surface area contributed by atoms with Crippen LogP contribution in [0.4, 0.5) is 5.69 Å². The van der Waals surface area contributed by atoms with Gasteiger partial charge in [-0.1, -0.05) is 44.0 Å². The first-order valence-corrected chi connectivity index (χ1v) is 12.6. The molecule has 4 nitrogen and oxygen atoms in total. The molecule has 1 N–H and O–H groups in total. The van der Waals surface area contributed by atoms with Crippen LogP contribution in [0.1, 0.15) is 11.1 Å². The Bertz CT molecular complexity index is 1150. The average molecular weight is 764 g/mol. The molecule has 8 heteroatoms. The van der Waals surface area contributed by atoms with Crippen molar-refractivity contribution in [2.24, 2.45) is 0 Å². The Labute approximate surface area is 224 Å². The number of anilines is 1. The Kier molecular flexibility index (Phi) is 8.95. The zero-order valence-electron chi connectivity index (χ0n) is 15.8. The van der Waals surface area contributed by atoms with Crippen molar-refractivity contribution >= 4 is 94.7 Å². The highest BCUT2D eigenvalue weighted by molar-refractivity contribution is 14.1. The van der Waals surface area contributed by atoms with Crippen molar-refractivity contribution in [3.63, 3.8) is 0 Å². The number of carbonyl (C=O) groups excluding carboxylic acids is 1. The summed E-state index contributed by atoms with van der Waals surface area (Å²) in [5.74, 6) is 0.324. The normalized spacial score (nSPS) is 11.0. The van der Waals surface area contributed by atoms with Gasteiger partial charge in [0, 0.05) is 14.6 Å². The summed E-state index contributed by atoms with van der Waals surface area (Å²) in [5.41, 5.74) is 2.47. The maximum atomic E-state index is 12.5.